The zero-order valence-corrected chi connectivity index (χ0v) is 29.5. The Morgan fingerprint density at radius 3 is 2.09 bits per heavy atom. The molecule has 2 N–H and O–H groups in total. The number of fused-ring (bicyclic) bond motifs is 7. The molecule has 2 nitrogen and oxygen atoms in total. The van der Waals surface area contributed by atoms with Crippen LogP contribution in [0.3, 0.4) is 0 Å². The maximum absolute atomic E-state index is 10.4. The lowest BCUT2D eigenvalue weighted by atomic mass is 9.36. The average Bonchev–Trinajstić information content (AvgIpc) is 3.46. The molecule has 5 aliphatic carbocycles. The van der Waals surface area contributed by atoms with Gasteiger partial charge in [0.25, 0.3) is 0 Å². The van der Waals surface area contributed by atoms with Crippen LogP contribution in [0.5, 0.6) is 5.75 Å². The number of rotatable bonds is 2. The van der Waals surface area contributed by atoms with Crippen molar-refractivity contribution in [1.82, 2.24) is 0 Å². The van der Waals surface area contributed by atoms with Crippen LogP contribution in [0.1, 0.15) is 124 Å². The molecule has 4 saturated carbocycles. The van der Waals surface area contributed by atoms with E-state index in [0.29, 0.717) is 29.1 Å². The normalized spacial score (nSPS) is 37.2. The first-order valence-corrected chi connectivity index (χ1v) is 17.3. The van der Waals surface area contributed by atoms with Gasteiger partial charge in [-0.05, 0) is 152 Å². The van der Waals surface area contributed by atoms with E-state index in [1.165, 1.54) is 80.9 Å². The maximum atomic E-state index is 10.4. The van der Waals surface area contributed by atoms with Crippen LogP contribution in [0, 0.1) is 83.9 Å². The van der Waals surface area contributed by atoms with Crippen molar-refractivity contribution in [2.75, 3.05) is 6.61 Å². The summed E-state index contributed by atoms with van der Waals surface area (Å²) in [7, 11) is 0. The highest BCUT2D eigenvalue weighted by Gasteiger charge is 2.65. The van der Waals surface area contributed by atoms with E-state index in [4.69, 9.17) is 0 Å². The molecular formula is C42H64O2. The molecule has 8 atom stereocenters. The Balaban J connectivity index is 0.000000685. The van der Waals surface area contributed by atoms with Gasteiger partial charge >= 0.3 is 0 Å². The molecule has 0 bridgehead atoms. The fourth-order valence-electron chi connectivity index (χ4n) is 11.6. The fourth-order valence-corrected chi connectivity index (χ4v) is 11.6. The molecule has 0 spiro atoms. The topological polar surface area (TPSA) is 40.5 Å². The molecule has 44 heavy (non-hydrogen) atoms. The van der Waals surface area contributed by atoms with Crippen molar-refractivity contribution in [3.8, 4) is 31.4 Å². The minimum Gasteiger partial charge on any atom is -0.508 e. The molecule has 6 rings (SSSR count). The van der Waals surface area contributed by atoms with Crippen LogP contribution in [-0.2, 0) is 0 Å². The summed E-state index contributed by atoms with van der Waals surface area (Å²) >= 11 is 0. The van der Waals surface area contributed by atoms with Gasteiger partial charge in [-0.15, -0.1) is 32.3 Å². The Labute approximate surface area is 272 Å². The number of benzene rings is 1. The zero-order chi connectivity index (χ0) is 33.5. The molecule has 1 aromatic carbocycles. The number of terminal acetylenes is 2. The molecule has 0 radical (unpaired) electrons. The van der Waals surface area contributed by atoms with Gasteiger partial charge in [0.15, 0.2) is 0 Å². The Morgan fingerprint density at radius 1 is 0.864 bits per heavy atom. The Bertz CT molecular complexity index is 1160. The number of hydrogen-bond acceptors (Lipinski definition) is 2. The molecule has 1 aromatic rings. The summed E-state index contributed by atoms with van der Waals surface area (Å²) in [6.07, 6.45) is 33.7. The van der Waals surface area contributed by atoms with Gasteiger partial charge in [0.05, 0.1) is 0 Å². The first-order chi connectivity index (χ1) is 21.0. The highest BCUT2D eigenvalue weighted by atomic mass is 16.3. The summed E-state index contributed by atoms with van der Waals surface area (Å²) < 4.78 is 0. The third-order valence-electron chi connectivity index (χ3n) is 13.1. The predicted octanol–water partition coefficient (Wildman–Crippen LogP) is 10.9. The van der Waals surface area contributed by atoms with Gasteiger partial charge in [-0.2, -0.15) is 0 Å². The molecule has 4 fully saturated rings. The number of phenols is 1. The van der Waals surface area contributed by atoms with Crippen molar-refractivity contribution >= 4 is 5.57 Å². The van der Waals surface area contributed by atoms with Gasteiger partial charge in [0, 0.05) is 6.61 Å². The van der Waals surface area contributed by atoms with E-state index in [2.05, 4.69) is 79.0 Å². The van der Waals surface area contributed by atoms with Gasteiger partial charge in [0.2, 0.25) is 0 Å². The summed E-state index contributed by atoms with van der Waals surface area (Å²) in [6.45, 7) is 22.2. The number of aromatic hydroxyl groups is 1. The summed E-state index contributed by atoms with van der Waals surface area (Å²) in [5.74, 6) is 4.36. The lowest BCUT2D eigenvalue weighted by Crippen LogP contribution is -2.61. The summed E-state index contributed by atoms with van der Waals surface area (Å²) in [5, 5.41) is 20.4. The van der Waals surface area contributed by atoms with Crippen LogP contribution in [0.15, 0.2) is 36.9 Å². The van der Waals surface area contributed by atoms with E-state index in [0.717, 1.165) is 23.7 Å². The third kappa shape index (κ3) is 6.19. The standard InChI is InChI=1S/C33H48O2.C3H6.C2H6.2C2H2/c1-21-19-22(35)8-9-23(21)25-12-16-32(5)28(30(25,2)3)14-17-31(4)26-13-18-33(20-34)15-6-7-27(33)24(26)10-11-29(31)32;1-3-2;3*1-2/h8-9,12,19,24,26-29,34-35H,6-7,10-11,13-18,20H2,1-5H3;3H,1H2,2H3;1-2H3;2*1-2H/t24-,26?,27?,28?,29?,31-,32-,33+;;;;/m0..../s1. The monoisotopic (exact) mass is 600 g/mol. The Morgan fingerprint density at radius 2 is 1.50 bits per heavy atom. The first-order valence-electron chi connectivity index (χ1n) is 17.3. The van der Waals surface area contributed by atoms with Gasteiger partial charge in [0.1, 0.15) is 5.75 Å². The van der Waals surface area contributed by atoms with Crippen LogP contribution in [0.25, 0.3) is 5.57 Å². The van der Waals surface area contributed by atoms with E-state index >= 15 is 0 Å². The summed E-state index contributed by atoms with van der Waals surface area (Å²) in [5.41, 5.74) is 5.24. The van der Waals surface area contributed by atoms with E-state index in [9.17, 15) is 10.2 Å². The van der Waals surface area contributed by atoms with Crippen LogP contribution < -0.4 is 0 Å². The zero-order valence-electron chi connectivity index (χ0n) is 29.5. The number of aliphatic hydroxyl groups is 1. The molecule has 244 valence electrons. The van der Waals surface area contributed by atoms with Crippen LogP contribution in [0.2, 0.25) is 0 Å². The second-order valence-electron chi connectivity index (χ2n) is 15.0. The highest BCUT2D eigenvalue weighted by molar-refractivity contribution is 5.74. The molecule has 0 saturated heterocycles. The molecule has 0 aromatic heterocycles. The van der Waals surface area contributed by atoms with Crippen molar-refractivity contribution < 1.29 is 10.2 Å². The molecule has 0 aliphatic heterocycles. The minimum absolute atomic E-state index is 0.136. The number of aryl methyl sites for hydroxylation is 1. The van der Waals surface area contributed by atoms with E-state index in [-0.39, 0.29) is 10.8 Å². The maximum Gasteiger partial charge on any atom is 0.115 e. The van der Waals surface area contributed by atoms with Gasteiger partial charge in [-0.1, -0.05) is 66.2 Å². The van der Waals surface area contributed by atoms with Crippen molar-refractivity contribution in [2.45, 2.75) is 120 Å². The van der Waals surface area contributed by atoms with Crippen molar-refractivity contribution in [1.29, 1.82) is 0 Å². The quantitative estimate of drug-likeness (QED) is 0.262. The third-order valence-corrected chi connectivity index (χ3v) is 13.1. The van der Waals surface area contributed by atoms with Gasteiger partial charge in [-0.25, -0.2) is 0 Å². The number of aliphatic hydroxyl groups excluding tert-OH is 1. The Hall–Kier alpha value is -2.42. The fraction of sp³-hybridized carbons (Fsp3) is 0.667. The molecule has 0 amide bonds. The lowest BCUT2D eigenvalue weighted by Gasteiger charge is -2.68. The van der Waals surface area contributed by atoms with Crippen LogP contribution in [-0.4, -0.2) is 16.8 Å². The number of phenolic OH excluding ortho intramolecular Hbond substituents is 1. The molecule has 5 aliphatic rings. The second-order valence-corrected chi connectivity index (χ2v) is 15.0. The number of hydrogen-bond donors (Lipinski definition) is 2. The first kappa shape index (κ1) is 37.8. The average molecular weight is 601 g/mol. The molecule has 2 heteroatoms. The molecule has 4 unspecified atom stereocenters. The largest absolute Gasteiger partial charge is 0.508 e. The molecule has 0 heterocycles. The summed E-state index contributed by atoms with van der Waals surface area (Å²) in [6, 6.07) is 5.94. The lowest BCUT2D eigenvalue weighted by molar-refractivity contribution is -0.181. The SMILES string of the molecule is C#C.C#C.C=CC.CC.Cc1cc(O)ccc1C1=CC[C@@]2(C)C(CC[C@@]3(C)C4CC[C@@]5(CO)CCCC5[C@H]4CCC32)C1(C)C. The van der Waals surface area contributed by atoms with E-state index in [1.54, 1.807) is 6.08 Å². The highest BCUT2D eigenvalue weighted by Crippen LogP contribution is 2.73. The van der Waals surface area contributed by atoms with Crippen LogP contribution >= 0.6 is 0 Å². The predicted molar refractivity (Wildman–Crippen MR) is 191 cm³/mol. The van der Waals surface area contributed by atoms with Crippen molar-refractivity contribution in [3.63, 3.8) is 0 Å². The molecular weight excluding hydrogens is 536 g/mol. The minimum atomic E-state index is 0.136. The van der Waals surface area contributed by atoms with E-state index in [1.807, 2.05) is 32.9 Å². The van der Waals surface area contributed by atoms with Crippen LogP contribution in [0.4, 0.5) is 0 Å². The smallest absolute Gasteiger partial charge is 0.115 e. The number of allylic oxidation sites excluding steroid dienone is 3. The summed E-state index contributed by atoms with van der Waals surface area (Å²) in [4.78, 5) is 0. The van der Waals surface area contributed by atoms with Crippen molar-refractivity contribution in [3.05, 3.63) is 48.1 Å². The van der Waals surface area contributed by atoms with E-state index < -0.39 is 0 Å². The van der Waals surface area contributed by atoms with Crippen molar-refractivity contribution in [2.24, 2.45) is 51.2 Å². The Kier molecular flexibility index (Phi) is 13.1. The van der Waals surface area contributed by atoms with Gasteiger partial charge < -0.3 is 10.2 Å². The second kappa shape index (κ2) is 15.2. The van der Waals surface area contributed by atoms with Gasteiger partial charge in [-0.3, -0.25) is 0 Å².